The minimum Gasteiger partial charge on any atom is -0.744 e. The monoisotopic (exact) mass is 1580 g/mol. The third-order valence-corrected chi connectivity index (χ3v) is 23.6. The maximum absolute atomic E-state index is 13.6. The van der Waals surface area contributed by atoms with E-state index >= 15 is 0 Å². The van der Waals surface area contributed by atoms with E-state index in [1.54, 1.807) is 0 Å². The van der Waals surface area contributed by atoms with Crippen molar-refractivity contribution in [3.63, 3.8) is 0 Å². The maximum Gasteiger partial charge on any atom is 1.00 e. The summed E-state index contributed by atoms with van der Waals surface area (Å²) in [4.78, 5) is 22.6. The zero-order valence-electron chi connectivity index (χ0n) is 55.2. The molecule has 6 aromatic carbocycles. The number of aliphatic hydroxyl groups is 8. The molecule has 46 heteroatoms. The third-order valence-electron chi connectivity index (χ3n) is 14.3. The van der Waals surface area contributed by atoms with E-state index in [1.165, 1.54) is 72.8 Å². The molecule has 38 nitrogen and oxygen atoms in total. The summed E-state index contributed by atoms with van der Waals surface area (Å²) in [7, 11) is -28.7. The third kappa shape index (κ3) is 22.2. The van der Waals surface area contributed by atoms with Crippen LogP contribution >= 0.6 is 0 Å². The van der Waals surface area contributed by atoms with Crippen LogP contribution in [0.4, 0.5) is 69.8 Å². The van der Waals surface area contributed by atoms with Gasteiger partial charge in [-0.3, -0.25) is 0 Å². The van der Waals surface area contributed by atoms with Gasteiger partial charge in [-0.05, 0) is 97.1 Å². The predicted molar refractivity (Wildman–Crippen MR) is 365 cm³/mol. The molecule has 0 saturated carbocycles. The molecule has 0 saturated heterocycles. The molecular weight excluding hydrogens is 1510 g/mol. The summed E-state index contributed by atoms with van der Waals surface area (Å²) in [6.45, 7) is -7.60. The van der Waals surface area contributed by atoms with Crippen LogP contribution in [-0.4, -0.2) is 253 Å². The topological polar surface area (TPSA) is 575 Å². The Bertz CT molecular complexity index is 4460. The van der Waals surface area contributed by atoms with Crippen LogP contribution in [-0.2, 0) is 60.3 Å². The van der Waals surface area contributed by atoms with Crippen molar-refractivity contribution >= 4 is 130 Å². The van der Waals surface area contributed by atoms with Gasteiger partial charge in [-0.2, -0.15) is 47.1 Å². The summed E-state index contributed by atoms with van der Waals surface area (Å²) in [6, 6.07) is 26.2. The second kappa shape index (κ2) is 38.2. The van der Waals surface area contributed by atoms with Crippen LogP contribution in [0.15, 0.2) is 163 Å². The van der Waals surface area contributed by atoms with Crippen molar-refractivity contribution in [2.45, 2.75) is 29.4 Å². The second-order valence-corrected chi connectivity index (χ2v) is 31.7. The van der Waals surface area contributed by atoms with Gasteiger partial charge >= 0.3 is 59.1 Å². The Labute approximate surface area is 642 Å². The summed E-state index contributed by atoms with van der Waals surface area (Å²) >= 11 is 0. The molecule has 0 unspecified atom stereocenters. The number of hydrogen-bond acceptors (Lipinski definition) is 34. The number of hydrogen-bond donors (Lipinski definition) is 14. The van der Waals surface area contributed by atoms with Crippen molar-refractivity contribution in [3.05, 3.63) is 133 Å². The van der Waals surface area contributed by atoms with Gasteiger partial charge < -0.3 is 81.9 Å². The van der Waals surface area contributed by atoms with E-state index < -0.39 is 146 Å². The van der Waals surface area contributed by atoms with Crippen molar-refractivity contribution in [2.75, 3.05) is 137 Å². The standard InChI is InChI=1S/C58H70N16O22S6.2Na/c75-25-17-71(18-26-76)97(83,84)45-9-1-5-39(33-45)59-53-65-54(60-40-6-2-10-46(34-40)98(85,86)72(19-27-77)20-28-78)68-57(67-53)63-43-13-15-49(51(37-43)101(91,92)93)50-16-14-44(38-52(50)102(94,95)96)64-58-69-55(61-41-7-3-11-47(35-41)99(87,88)73(21-29-79)22-30-80)66-56(70-58)62-42-8-4-12-48(36-42)100(89,90)74(23-31-81)24-32-82;;/h1-16,33-38,75-82H,17-32H2,(H,91,92,93)(H,94,95,96)(H3,59,60,63,65,67,68)(H3,61,62,64,66,69,70);;/q;2*+1/p-2. The molecule has 0 radical (unpaired) electrons. The van der Waals surface area contributed by atoms with Crippen molar-refractivity contribution in [2.24, 2.45) is 0 Å². The van der Waals surface area contributed by atoms with Gasteiger partial charge in [-0.1, -0.05) is 36.4 Å². The molecule has 0 bridgehead atoms. The van der Waals surface area contributed by atoms with Gasteiger partial charge in [0, 0.05) is 97.6 Å². The molecule has 8 aromatic rings. The molecule has 8 rings (SSSR count). The zero-order valence-corrected chi connectivity index (χ0v) is 64.1. The summed E-state index contributed by atoms with van der Waals surface area (Å²) in [6.07, 6.45) is 0. The molecule has 0 fully saturated rings. The number of nitrogens with zero attached hydrogens (tertiary/aromatic N) is 10. The first-order valence-corrected chi connectivity index (χ1v) is 38.6. The number of anilines is 12. The zero-order chi connectivity index (χ0) is 74.2. The molecule has 2 aromatic heterocycles. The van der Waals surface area contributed by atoms with Crippen molar-refractivity contribution < 1.29 is 160 Å². The van der Waals surface area contributed by atoms with Gasteiger partial charge in [0.25, 0.3) is 0 Å². The van der Waals surface area contributed by atoms with Crippen LogP contribution in [0.5, 0.6) is 0 Å². The van der Waals surface area contributed by atoms with Gasteiger partial charge in [0.1, 0.15) is 20.2 Å². The van der Waals surface area contributed by atoms with Crippen LogP contribution in [0, 0.1) is 0 Å². The summed E-state index contributed by atoms with van der Waals surface area (Å²) in [5, 5.41) is 93.3. The van der Waals surface area contributed by atoms with Crippen LogP contribution in [0.25, 0.3) is 11.1 Å². The Balaban J connectivity index is 0.00000849. The van der Waals surface area contributed by atoms with E-state index in [1.807, 2.05) is 0 Å². The number of benzene rings is 6. The number of sulfonamides is 4. The maximum atomic E-state index is 13.6. The number of nitrogens with one attached hydrogen (secondary N) is 6. The van der Waals surface area contributed by atoms with E-state index in [9.17, 15) is 100 Å². The average molecular weight is 1580 g/mol. The van der Waals surface area contributed by atoms with Crippen molar-refractivity contribution in [1.29, 1.82) is 0 Å². The van der Waals surface area contributed by atoms with Gasteiger partial charge in [0.2, 0.25) is 75.8 Å². The van der Waals surface area contributed by atoms with E-state index in [0.717, 1.165) is 77.9 Å². The first kappa shape index (κ1) is 86.2. The van der Waals surface area contributed by atoms with E-state index in [-0.39, 0.29) is 189 Å². The fourth-order valence-electron chi connectivity index (χ4n) is 9.76. The fraction of sp³-hybridized carbons (Fsp3) is 0.276. The van der Waals surface area contributed by atoms with Crippen LogP contribution in [0.2, 0.25) is 0 Å². The molecule has 0 amide bonds. The normalized spacial score (nSPS) is 12.2. The van der Waals surface area contributed by atoms with Gasteiger partial charge in [0.15, 0.2) is 0 Å². The summed E-state index contributed by atoms with van der Waals surface area (Å²) in [5.74, 6) is -2.43. The summed E-state index contributed by atoms with van der Waals surface area (Å²) in [5.41, 5.74) is -1.75. The van der Waals surface area contributed by atoms with E-state index in [0.29, 0.717) is 0 Å². The second-order valence-electron chi connectivity index (χ2n) is 21.2. The molecule has 0 atom stereocenters. The first-order valence-electron chi connectivity index (χ1n) is 30.0. The van der Waals surface area contributed by atoms with Crippen LogP contribution in [0.3, 0.4) is 0 Å². The molecule has 0 aliphatic rings. The Morgan fingerprint density at radius 2 is 0.462 bits per heavy atom. The molecular formula is C58H68N16Na2O22S6. The van der Waals surface area contributed by atoms with Gasteiger partial charge in [-0.15, -0.1) is 0 Å². The quantitative estimate of drug-likeness (QED) is 0.0126. The van der Waals surface area contributed by atoms with Crippen molar-refractivity contribution in [1.82, 2.24) is 47.1 Å². The molecule has 0 aliphatic heterocycles. The number of aliphatic hydroxyl groups excluding tert-OH is 8. The number of aromatic nitrogens is 6. The van der Waals surface area contributed by atoms with Crippen LogP contribution in [0.1, 0.15) is 0 Å². The summed E-state index contributed by atoms with van der Waals surface area (Å²) < 4.78 is 192. The Hall–Kier alpha value is -6.72. The average Bonchev–Trinajstić information content (AvgIpc) is 0.825. The SMILES string of the molecule is O=S(=O)([O-])c1cc(Nc2nc(Nc3cccc(S(=O)(=O)N(CCO)CCO)c3)nc(Nc3cccc(S(=O)(=O)N(CCO)CCO)c3)n2)ccc1-c1ccc(Nc2nc(Nc3cccc(S(=O)(=O)N(CCO)CCO)c3)nc(Nc3cccc(S(=O)(=O)N(CCO)CCO)c3)n2)cc1S(=O)(=O)[O-].[Na+].[Na+]. The minimum absolute atomic E-state index is 0. The van der Waals surface area contributed by atoms with Crippen LogP contribution < -0.4 is 91.0 Å². The van der Waals surface area contributed by atoms with E-state index in [2.05, 4.69) is 61.8 Å². The molecule has 550 valence electrons. The number of rotatable bonds is 39. The Morgan fingerprint density at radius 3 is 0.635 bits per heavy atom. The van der Waals surface area contributed by atoms with E-state index in [4.69, 9.17) is 0 Å². The van der Waals surface area contributed by atoms with Gasteiger partial charge in [-0.25, -0.2) is 50.5 Å². The molecule has 104 heavy (non-hydrogen) atoms. The predicted octanol–water partition coefficient (Wildman–Crippen LogP) is -6.10. The fourth-order valence-corrected chi connectivity index (χ4v) is 17.1. The molecule has 0 spiro atoms. The molecule has 0 aliphatic carbocycles. The molecule has 2 heterocycles. The van der Waals surface area contributed by atoms with Crippen molar-refractivity contribution in [3.8, 4) is 11.1 Å². The van der Waals surface area contributed by atoms with Gasteiger partial charge in [0.05, 0.1) is 82.2 Å². The largest absolute Gasteiger partial charge is 1.00 e. The molecule has 14 N–H and O–H groups in total. The minimum atomic E-state index is -5.67. The Kier molecular flexibility index (Phi) is 31.7. The smallest absolute Gasteiger partial charge is 0.744 e. The first-order chi connectivity index (χ1) is 48.4. The Morgan fingerprint density at radius 1 is 0.279 bits per heavy atom.